The number of ether oxygens (including phenoxy) is 1. The fourth-order valence-corrected chi connectivity index (χ4v) is 3.13. The van der Waals surface area contributed by atoms with Crippen LogP contribution in [0.3, 0.4) is 0 Å². The Morgan fingerprint density at radius 1 is 1.10 bits per heavy atom. The normalized spacial score (nSPS) is 18.4. The highest BCUT2D eigenvalue weighted by Crippen LogP contribution is 2.29. The van der Waals surface area contributed by atoms with Gasteiger partial charge in [-0.05, 0) is 37.0 Å². The summed E-state index contributed by atoms with van der Waals surface area (Å²) in [5.74, 6) is -1.79. The lowest BCUT2D eigenvalue weighted by Crippen LogP contribution is -2.35. The maximum absolute atomic E-state index is 12.8. The Bertz CT molecular complexity index is 884. The molecule has 3 heterocycles. The first-order valence-corrected chi connectivity index (χ1v) is 9.83. The second-order valence-electron chi connectivity index (χ2n) is 7.56. The van der Waals surface area contributed by atoms with Crippen molar-refractivity contribution in [3.05, 3.63) is 48.0 Å². The summed E-state index contributed by atoms with van der Waals surface area (Å²) in [7, 11) is 0. The van der Waals surface area contributed by atoms with Crippen molar-refractivity contribution >= 4 is 11.9 Å². The minimum Gasteiger partial charge on any atom is -0.475 e. The number of aromatic nitrogens is 3. The van der Waals surface area contributed by atoms with Gasteiger partial charge in [-0.1, -0.05) is 6.07 Å². The highest BCUT2D eigenvalue weighted by atomic mass is 19.4. The standard InChI is InChI=1S/C18H22N4O2.C2HF3O2/c23-18(17-3-1-2-7-19-17)21-9-15(13-24-12-14-4-5-14)10-22-16(11-21)6-8-20-22;3-2(4,5)1(6)7/h1-3,6-8,14-15H,4-5,9-13H2;(H,6,7). The summed E-state index contributed by atoms with van der Waals surface area (Å²) >= 11 is 0. The molecule has 2 aromatic rings. The lowest BCUT2D eigenvalue weighted by molar-refractivity contribution is -0.192. The molecule has 11 heteroatoms. The first kappa shape index (κ1) is 22.7. The average molecular weight is 440 g/mol. The summed E-state index contributed by atoms with van der Waals surface area (Å²) in [5.41, 5.74) is 1.55. The number of pyridine rings is 1. The molecule has 0 bridgehead atoms. The number of alkyl halides is 3. The van der Waals surface area contributed by atoms with E-state index in [1.54, 1.807) is 18.5 Å². The molecule has 1 aliphatic carbocycles. The van der Waals surface area contributed by atoms with Crippen LogP contribution in [0.25, 0.3) is 0 Å². The number of hydrogen-bond donors (Lipinski definition) is 1. The SMILES string of the molecule is O=C(O)C(F)(F)F.O=C(c1ccccn1)N1Cc2ccnn2CC(COCC2CC2)C1. The summed E-state index contributed by atoms with van der Waals surface area (Å²) in [6, 6.07) is 7.41. The third-order valence-corrected chi connectivity index (χ3v) is 4.88. The number of rotatable bonds is 5. The second kappa shape index (κ2) is 9.90. The van der Waals surface area contributed by atoms with E-state index in [0.29, 0.717) is 25.4 Å². The Balaban J connectivity index is 0.000000339. The zero-order chi connectivity index (χ0) is 22.4. The van der Waals surface area contributed by atoms with Crippen LogP contribution in [0.1, 0.15) is 29.0 Å². The number of carbonyl (C=O) groups excluding carboxylic acids is 1. The van der Waals surface area contributed by atoms with Crippen LogP contribution in [-0.4, -0.2) is 62.6 Å². The van der Waals surface area contributed by atoms with Crippen molar-refractivity contribution in [2.75, 3.05) is 19.8 Å². The van der Waals surface area contributed by atoms with Crippen molar-refractivity contribution in [2.45, 2.75) is 32.1 Å². The number of halogens is 3. The number of aliphatic carboxylic acids is 1. The van der Waals surface area contributed by atoms with Crippen molar-refractivity contribution in [3.63, 3.8) is 0 Å². The monoisotopic (exact) mass is 440 g/mol. The zero-order valence-corrected chi connectivity index (χ0v) is 16.7. The molecule has 0 saturated heterocycles. The quantitative estimate of drug-likeness (QED) is 0.768. The lowest BCUT2D eigenvalue weighted by Gasteiger charge is -2.23. The molecule has 1 aliphatic heterocycles. The number of nitrogens with zero attached hydrogens (tertiary/aromatic N) is 4. The molecule has 1 atom stereocenters. The molecule has 8 nitrogen and oxygen atoms in total. The third kappa shape index (κ3) is 6.78. The fourth-order valence-electron chi connectivity index (χ4n) is 3.13. The molecular weight excluding hydrogens is 417 g/mol. The molecule has 4 rings (SSSR count). The molecular formula is C20H23F3N4O4. The Kier molecular flexibility index (Phi) is 7.26. The van der Waals surface area contributed by atoms with Crippen molar-refractivity contribution in [2.24, 2.45) is 11.8 Å². The van der Waals surface area contributed by atoms with Crippen molar-refractivity contribution < 1.29 is 32.6 Å². The molecule has 0 aromatic carbocycles. The van der Waals surface area contributed by atoms with Crippen molar-refractivity contribution in [1.82, 2.24) is 19.7 Å². The number of carboxylic acid groups (broad SMARTS) is 1. The van der Waals surface area contributed by atoms with Gasteiger partial charge in [0.2, 0.25) is 0 Å². The highest BCUT2D eigenvalue weighted by Gasteiger charge is 2.38. The second-order valence-corrected chi connectivity index (χ2v) is 7.56. The van der Waals surface area contributed by atoms with E-state index in [1.807, 2.05) is 27.8 Å². The van der Waals surface area contributed by atoms with Gasteiger partial charge in [0.25, 0.3) is 5.91 Å². The molecule has 2 aromatic heterocycles. The van der Waals surface area contributed by atoms with Gasteiger partial charge in [0.1, 0.15) is 5.69 Å². The van der Waals surface area contributed by atoms with Gasteiger partial charge in [0.15, 0.2) is 0 Å². The van der Waals surface area contributed by atoms with Crippen LogP contribution in [0.15, 0.2) is 36.7 Å². The van der Waals surface area contributed by atoms with E-state index in [9.17, 15) is 18.0 Å². The van der Waals surface area contributed by atoms with Crippen LogP contribution >= 0.6 is 0 Å². The molecule has 31 heavy (non-hydrogen) atoms. The van der Waals surface area contributed by atoms with Gasteiger partial charge in [-0.15, -0.1) is 0 Å². The van der Waals surface area contributed by atoms with Crippen molar-refractivity contribution in [3.8, 4) is 0 Å². The van der Waals surface area contributed by atoms with E-state index in [-0.39, 0.29) is 11.8 Å². The summed E-state index contributed by atoms with van der Waals surface area (Å²) in [6.45, 7) is 3.54. The van der Waals surface area contributed by atoms with E-state index >= 15 is 0 Å². The molecule has 0 radical (unpaired) electrons. The number of hydrogen-bond acceptors (Lipinski definition) is 5. The minimum absolute atomic E-state index is 0.0301. The van der Waals surface area contributed by atoms with Crippen molar-refractivity contribution in [1.29, 1.82) is 0 Å². The molecule has 2 aliphatic rings. The van der Waals surface area contributed by atoms with Crippen LogP contribution in [0.4, 0.5) is 13.2 Å². The Morgan fingerprint density at radius 3 is 2.42 bits per heavy atom. The van der Waals surface area contributed by atoms with E-state index in [4.69, 9.17) is 14.6 Å². The maximum Gasteiger partial charge on any atom is 0.490 e. The molecule has 1 amide bonds. The average Bonchev–Trinajstić information content (AvgIpc) is 3.49. The number of carbonyl (C=O) groups is 2. The minimum atomic E-state index is -5.08. The first-order valence-electron chi connectivity index (χ1n) is 9.83. The topological polar surface area (TPSA) is 97.5 Å². The predicted molar refractivity (Wildman–Crippen MR) is 102 cm³/mol. The van der Waals surface area contributed by atoms with Crippen LogP contribution in [0.2, 0.25) is 0 Å². The van der Waals surface area contributed by atoms with Gasteiger partial charge in [0.05, 0.1) is 18.8 Å². The Labute approximate surface area is 176 Å². The van der Waals surface area contributed by atoms with Gasteiger partial charge in [0, 0.05) is 38.0 Å². The molecule has 1 unspecified atom stereocenters. The van der Waals surface area contributed by atoms with E-state index < -0.39 is 12.1 Å². The van der Waals surface area contributed by atoms with Gasteiger partial charge in [-0.25, -0.2) is 4.79 Å². The third-order valence-electron chi connectivity index (χ3n) is 4.88. The van der Waals surface area contributed by atoms with Gasteiger partial charge in [-0.3, -0.25) is 14.5 Å². The molecule has 0 spiro atoms. The van der Waals surface area contributed by atoms with Crippen LogP contribution in [0.5, 0.6) is 0 Å². The lowest BCUT2D eigenvalue weighted by atomic mass is 10.1. The Hall–Kier alpha value is -2.95. The van der Waals surface area contributed by atoms with Gasteiger partial charge >= 0.3 is 12.1 Å². The number of amides is 1. The van der Waals surface area contributed by atoms with Gasteiger partial charge in [-0.2, -0.15) is 18.3 Å². The van der Waals surface area contributed by atoms with Crippen LogP contribution in [0, 0.1) is 11.8 Å². The summed E-state index contributed by atoms with van der Waals surface area (Å²) in [4.78, 5) is 27.8. The van der Waals surface area contributed by atoms with E-state index in [2.05, 4.69) is 10.1 Å². The molecule has 1 saturated carbocycles. The maximum atomic E-state index is 12.8. The van der Waals surface area contributed by atoms with E-state index in [1.165, 1.54) is 12.8 Å². The summed E-state index contributed by atoms with van der Waals surface area (Å²) in [6.07, 6.45) is 0.953. The Morgan fingerprint density at radius 2 is 1.81 bits per heavy atom. The number of fused-ring (bicyclic) bond motifs is 1. The highest BCUT2D eigenvalue weighted by molar-refractivity contribution is 5.92. The summed E-state index contributed by atoms with van der Waals surface area (Å²) < 4.78 is 39.6. The molecule has 1 N–H and O–H groups in total. The molecule has 1 fully saturated rings. The largest absolute Gasteiger partial charge is 0.490 e. The van der Waals surface area contributed by atoms with Gasteiger partial charge < -0.3 is 14.7 Å². The van der Waals surface area contributed by atoms with E-state index in [0.717, 1.165) is 24.8 Å². The number of carboxylic acids is 1. The first-order chi connectivity index (χ1) is 14.7. The predicted octanol–water partition coefficient (Wildman–Crippen LogP) is 2.61. The van der Waals surface area contributed by atoms with Crippen LogP contribution < -0.4 is 0 Å². The van der Waals surface area contributed by atoms with Crippen LogP contribution in [-0.2, 0) is 22.6 Å². The smallest absolute Gasteiger partial charge is 0.475 e. The summed E-state index contributed by atoms with van der Waals surface area (Å²) in [5, 5.41) is 11.5. The fraction of sp³-hybridized carbons (Fsp3) is 0.500. The molecule has 168 valence electrons. The zero-order valence-electron chi connectivity index (χ0n) is 16.7.